The molecule has 2 amide bonds. The summed E-state index contributed by atoms with van der Waals surface area (Å²) in [7, 11) is 0. The Balaban J connectivity index is 1.11. The van der Waals surface area contributed by atoms with Crippen molar-refractivity contribution in [3.8, 4) is 11.5 Å². The van der Waals surface area contributed by atoms with Gasteiger partial charge in [0.05, 0.1) is 11.9 Å². The normalized spacial score (nSPS) is 19.9. The number of urea groups is 1. The van der Waals surface area contributed by atoms with Gasteiger partial charge in [-0.15, -0.1) is 0 Å². The zero-order chi connectivity index (χ0) is 24.5. The van der Waals surface area contributed by atoms with Gasteiger partial charge in [0.15, 0.2) is 0 Å². The number of anilines is 1. The summed E-state index contributed by atoms with van der Waals surface area (Å²) in [5, 5.41) is 4.71. The van der Waals surface area contributed by atoms with Crippen LogP contribution in [0.2, 0.25) is 5.02 Å². The van der Waals surface area contributed by atoms with Gasteiger partial charge in [-0.1, -0.05) is 23.7 Å². The van der Waals surface area contributed by atoms with Crippen LogP contribution in [-0.2, 0) is 6.54 Å². The molecule has 2 aliphatic rings. The number of halogens is 1. The Morgan fingerprint density at radius 1 is 1.08 bits per heavy atom. The molecule has 0 radical (unpaired) electrons. The monoisotopic (exact) mass is 501 g/mol. The van der Waals surface area contributed by atoms with Gasteiger partial charge in [-0.3, -0.25) is 4.90 Å². The van der Waals surface area contributed by atoms with Crippen molar-refractivity contribution in [3.05, 3.63) is 83.6 Å². The molecule has 4 aromatic rings. The fraction of sp³-hybridized carbons (Fsp3) is 0.286. The van der Waals surface area contributed by atoms with E-state index in [1.165, 1.54) is 5.56 Å². The van der Waals surface area contributed by atoms with E-state index >= 15 is 0 Å². The van der Waals surface area contributed by atoms with E-state index < -0.39 is 0 Å². The van der Waals surface area contributed by atoms with Crippen molar-refractivity contribution in [2.75, 3.05) is 25.0 Å². The summed E-state index contributed by atoms with van der Waals surface area (Å²) >= 11 is 5.99. The van der Waals surface area contributed by atoms with E-state index in [0.29, 0.717) is 10.7 Å². The van der Waals surface area contributed by atoms with Crippen LogP contribution in [0.25, 0.3) is 11.0 Å². The minimum atomic E-state index is -0.0613. The highest BCUT2D eigenvalue weighted by Crippen LogP contribution is 2.39. The zero-order valence-electron chi connectivity index (χ0n) is 19.9. The van der Waals surface area contributed by atoms with E-state index in [-0.39, 0.29) is 11.6 Å². The highest BCUT2D eigenvalue weighted by atomic mass is 35.5. The van der Waals surface area contributed by atoms with Gasteiger partial charge in [0.1, 0.15) is 17.1 Å². The highest BCUT2D eigenvalue weighted by molar-refractivity contribution is 6.30. The predicted octanol–water partition coefficient (Wildman–Crippen LogP) is 6.28. The van der Waals surface area contributed by atoms with Gasteiger partial charge in [-0.25, -0.2) is 9.78 Å². The van der Waals surface area contributed by atoms with Crippen LogP contribution in [0.1, 0.15) is 24.8 Å². The van der Waals surface area contributed by atoms with Crippen LogP contribution in [0.5, 0.6) is 11.5 Å². The van der Waals surface area contributed by atoms with E-state index in [1.807, 2.05) is 59.6 Å². The predicted molar refractivity (Wildman–Crippen MR) is 142 cm³/mol. The van der Waals surface area contributed by atoms with Crippen molar-refractivity contribution in [1.82, 2.24) is 19.8 Å². The molecule has 0 bridgehead atoms. The first-order chi connectivity index (χ1) is 17.6. The molecule has 6 rings (SSSR count). The molecule has 1 unspecified atom stereocenters. The van der Waals surface area contributed by atoms with E-state index in [9.17, 15) is 4.79 Å². The maximum absolute atomic E-state index is 13.1. The largest absolute Gasteiger partial charge is 0.457 e. The number of aromatic nitrogens is 2. The van der Waals surface area contributed by atoms with Crippen molar-refractivity contribution in [2.45, 2.75) is 31.3 Å². The lowest BCUT2D eigenvalue weighted by Gasteiger charge is -2.35. The number of carbonyl (C=O) groups is 1. The number of fused-ring (bicyclic) bond motifs is 1. The van der Waals surface area contributed by atoms with Crippen LogP contribution in [-0.4, -0.2) is 51.0 Å². The fourth-order valence-corrected chi connectivity index (χ4v) is 5.64. The van der Waals surface area contributed by atoms with Crippen molar-refractivity contribution < 1.29 is 9.53 Å². The Morgan fingerprint density at radius 3 is 2.86 bits per heavy atom. The van der Waals surface area contributed by atoms with Crippen molar-refractivity contribution in [2.24, 2.45) is 0 Å². The molecule has 2 aliphatic heterocycles. The Hall–Kier alpha value is -3.55. The zero-order valence-corrected chi connectivity index (χ0v) is 20.7. The van der Waals surface area contributed by atoms with Crippen LogP contribution in [0.3, 0.4) is 0 Å². The number of nitrogens with one attached hydrogen (secondary N) is 2. The molecule has 2 N–H and O–H groups in total. The van der Waals surface area contributed by atoms with Gasteiger partial charge in [0.2, 0.25) is 0 Å². The summed E-state index contributed by atoms with van der Waals surface area (Å²) in [5.41, 5.74) is 2.76. The van der Waals surface area contributed by atoms with Crippen LogP contribution in [0, 0.1) is 0 Å². The first-order valence-corrected chi connectivity index (χ1v) is 12.7. The Kier molecular flexibility index (Phi) is 6.03. The molecular weight excluding hydrogens is 474 g/mol. The number of H-pyrrole nitrogens is 1. The molecule has 2 fully saturated rings. The van der Waals surface area contributed by atoms with Gasteiger partial charge in [0.25, 0.3) is 0 Å². The second kappa shape index (κ2) is 9.48. The standard InChI is InChI=1S/C28H28ClN5O2/c29-22-5-7-24(8-6-22)36-25-4-1-3-20(15-25)18-34-13-2-10-28(34)11-14-33(19-28)27(35)32-23-16-21-9-12-30-26(21)31-17-23/h1,3-9,12,15-17H,2,10-11,13-14,18-19H2,(H,30,31)(H,32,35). The topological polar surface area (TPSA) is 73.5 Å². The summed E-state index contributed by atoms with van der Waals surface area (Å²) in [6.45, 7) is 3.36. The molecule has 2 aromatic heterocycles. The Morgan fingerprint density at radius 2 is 1.97 bits per heavy atom. The lowest BCUT2D eigenvalue weighted by atomic mass is 9.95. The van der Waals surface area contributed by atoms with Gasteiger partial charge >= 0.3 is 6.03 Å². The van der Waals surface area contributed by atoms with E-state index in [4.69, 9.17) is 16.3 Å². The van der Waals surface area contributed by atoms with Crippen molar-refractivity contribution in [1.29, 1.82) is 0 Å². The average Bonchev–Trinajstić information content (AvgIpc) is 3.62. The lowest BCUT2D eigenvalue weighted by Crippen LogP contribution is -2.46. The summed E-state index contributed by atoms with van der Waals surface area (Å²) < 4.78 is 6.04. The lowest BCUT2D eigenvalue weighted by molar-refractivity contribution is 0.136. The average molecular weight is 502 g/mol. The minimum Gasteiger partial charge on any atom is -0.457 e. The third kappa shape index (κ3) is 4.64. The fourth-order valence-electron chi connectivity index (χ4n) is 5.51. The molecule has 1 atom stereocenters. The van der Waals surface area contributed by atoms with Gasteiger partial charge in [-0.05, 0) is 79.9 Å². The van der Waals surface area contributed by atoms with Crippen LogP contribution < -0.4 is 10.1 Å². The quantitative estimate of drug-likeness (QED) is 0.337. The Labute approximate surface area is 215 Å². The SMILES string of the molecule is O=C(Nc1cnc2[nH]ccc2c1)N1CCC2(CCCN2Cc2cccc(Oc3ccc(Cl)cc3)c2)C1. The second-order valence-electron chi connectivity index (χ2n) is 9.69. The summed E-state index contributed by atoms with van der Waals surface area (Å²) in [4.78, 5) is 25.0. The van der Waals surface area contributed by atoms with Crippen LogP contribution in [0.4, 0.5) is 10.5 Å². The number of benzene rings is 2. The van der Waals surface area contributed by atoms with Crippen LogP contribution >= 0.6 is 11.6 Å². The van der Waals surface area contributed by atoms with Crippen LogP contribution in [0.15, 0.2) is 73.1 Å². The molecule has 2 aromatic carbocycles. The smallest absolute Gasteiger partial charge is 0.321 e. The molecular formula is C28H28ClN5O2. The summed E-state index contributed by atoms with van der Waals surface area (Å²) in [5.74, 6) is 1.57. The number of hydrogen-bond donors (Lipinski definition) is 2. The molecule has 0 aliphatic carbocycles. The van der Waals surface area contributed by atoms with Gasteiger partial charge in [0, 0.05) is 41.8 Å². The number of ether oxygens (including phenoxy) is 1. The maximum atomic E-state index is 13.1. The number of likely N-dealkylation sites (tertiary alicyclic amines) is 2. The van der Waals surface area contributed by atoms with Crippen molar-refractivity contribution in [3.63, 3.8) is 0 Å². The summed E-state index contributed by atoms with van der Waals surface area (Å²) in [6, 6.07) is 19.5. The molecule has 0 saturated carbocycles. The molecule has 36 heavy (non-hydrogen) atoms. The number of hydrogen-bond acceptors (Lipinski definition) is 4. The van der Waals surface area contributed by atoms with E-state index in [0.717, 1.165) is 68.0 Å². The number of rotatable bonds is 5. The number of aromatic amines is 1. The first-order valence-electron chi connectivity index (χ1n) is 12.3. The highest BCUT2D eigenvalue weighted by Gasteiger charge is 2.47. The number of amides is 2. The van der Waals surface area contributed by atoms with Gasteiger partial charge in [-0.2, -0.15) is 0 Å². The molecule has 7 nitrogen and oxygen atoms in total. The van der Waals surface area contributed by atoms with Crippen molar-refractivity contribution >= 4 is 34.4 Å². The molecule has 8 heteroatoms. The second-order valence-corrected chi connectivity index (χ2v) is 10.1. The third-order valence-electron chi connectivity index (χ3n) is 7.33. The third-order valence-corrected chi connectivity index (χ3v) is 7.59. The summed E-state index contributed by atoms with van der Waals surface area (Å²) in [6.07, 6.45) is 6.78. The molecule has 2 saturated heterocycles. The Bertz CT molecular complexity index is 1390. The van der Waals surface area contributed by atoms with E-state index in [1.54, 1.807) is 6.20 Å². The maximum Gasteiger partial charge on any atom is 0.321 e. The van der Waals surface area contributed by atoms with Gasteiger partial charge < -0.3 is 19.9 Å². The molecule has 184 valence electrons. The number of nitrogens with zero attached hydrogens (tertiary/aromatic N) is 3. The first kappa shape index (κ1) is 22.9. The molecule has 4 heterocycles. The number of pyridine rings is 1. The van der Waals surface area contributed by atoms with E-state index in [2.05, 4.69) is 32.3 Å². The minimum absolute atomic E-state index is 0.0211. The molecule has 1 spiro atoms. The number of carbonyl (C=O) groups excluding carboxylic acids is 1.